The van der Waals surface area contributed by atoms with Gasteiger partial charge in [0, 0.05) is 18.1 Å². The predicted octanol–water partition coefficient (Wildman–Crippen LogP) is 1.30. The van der Waals surface area contributed by atoms with Crippen molar-refractivity contribution in [3.05, 3.63) is 0 Å². The Morgan fingerprint density at radius 1 is 0.824 bits per heavy atom. The van der Waals surface area contributed by atoms with Gasteiger partial charge >= 0.3 is 0 Å². The highest BCUT2D eigenvalue weighted by atomic mass is 15.2. The molecule has 3 nitrogen and oxygen atoms in total. The largest absolute Gasteiger partial charge is 0.317 e. The average molecular weight is 237 g/mol. The van der Waals surface area contributed by atoms with E-state index >= 15 is 0 Å². The standard InChI is InChI=1S/C14H27N3/c1-15-12-4-8-17(9-5-12)14-6-10-16-7-2-3-13(16)11-14/h12-15H,2-11H2,1H3. The number of piperidine rings is 2. The average Bonchev–Trinajstić information content (AvgIpc) is 2.86. The summed E-state index contributed by atoms with van der Waals surface area (Å²) in [5, 5.41) is 3.43. The zero-order chi connectivity index (χ0) is 11.7. The summed E-state index contributed by atoms with van der Waals surface area (Å²) in [6, 6.07) is 2.60. The second kappa shape index (κ2) is 5.25. The Morgan fingerprint density at radius 3 is 2.24 bits per heavy atom. The molecule has 98 valence electrons. The number of hydrogen-bond donors (Lipinski definition) is 1. The molecule has 0 aromatic rings. The van der Waals surface area contributed by atoms with Crippen LogP contribution in [0.5, 0.6) is 0 Å². The molecule has 3 aliphatic heterocycles. The van der Waals surface area contributed by atoms with Crippen molar-refractivity contribution in [3.63, 3.8) is 0 Å². The van der Waals surface area contributed by atoms with Crippen molar-refractivity contribution in [3.8, 4) is 0 Å². The van der Waals surface area contributed by atoms with Crippen LogP contribution in [0.3, 0.4) is 0 Å². The highest BCUT2D eigenvalue weighted by Crippen LogP contribution is 2.30. The third-order valence-corrected chi connectivity index (χ3v) is 5.25. The van der Waals surface area contributed by atoms with E-state index in [0.717, 1.165) is 18.1 Å². The summed E-state index contributed by atoms with van der Waals surface area (Å²) in [7, 11) is 2.11. The van der Waals surface area contributed by atoms with Crippen LogP contribution in [0.4, 0.5) is 0 Å². The van der Waals surface area contributed by atoms with Gasteiger partial charge < -0.3 is 15.1 Å². The molecule has 0 saturated carbocycles. The van der Waals surface area contributed by atoms with Crippen LogP contribution in [-0.2, 0) is 0 Å². The van der Waals surface area contributed by atoms with Crippen LogP contribution < -0.4 is 5.32 Å². The Morgan fingerprint density at radius 2 is 1.47 bits per heavy atom. The molecule has 0 spiro atoms. The maximum Gasteiger partial charge on any atom is 0.0122 e. The highest BCUT2D eigenvalue weighted by molar-refractivity contribution is 4.91. The van der Waals surface area contributed by atoms with E-state index in [0.29, 0.717) is 0 Å². The molecule has 3 rings (SSSR count). The highest BCUT2D eigenvalue weighted by Gasteiger charge is 2.34. The predicted molar refractivity (Wildman–Crippen MR) is 71.3 cm³/mol. The molecule has 3 heteroatoms. The van der Waals surface area contributed by atoms with E-state index < -0.39 is 0 Å². The van der Waals surface area contributed by atoms with E-state index in [1.807, 2.05) is 0 Å². The molecule has 1 N–H and O–H groups in total. The number of rotatable bonds is 2. The van der Waals surface area contributed by atoms with E-state index in [2.05, 4.69) is 22.2 Å². The first-order chi connectivity index (χ1) is 8.36. The van der Waals surface area contributed by atoms with Crippen molar-refractivity contribution in [1.29, 1.82) is 0 Å². The lowest BCUT2D eigenvalue weighted by atomic mass is 9.93. The molecule has 3 heterocycles. The number of fused-ring (bicyclic) bond motifs is 1. The first-order valence-corrected chi connectivity index (χ1v) is 7.52. The monoisotopic (exact) mass is 237 g/mol. The van der Waals surface area contributed by atoms with Crippen molar-refractivity contribution in [1.82, 2.24) is 15.1 Å². The van der Waals surface area contributed by atoms with Gasteiger partial charge in [0.15, 0.2) is 0 Å². The molecule has 0 aromatic carbocycles. The molecule has 0 amide bonds. The first-order valence-electron chi connectivity index (χ1n) is 7.52. The summed E-state index contributed by atoms with van der Waals surface area (Å²) in [6.45, 7) is 5.38. The van der Waals surface area contributed by atoms with Gasteiger partial charge in [0.1, 0.15) is 0 Å². The molecular weight excluding hydrogens is 210 g/mol. The Labute approximate surface area is 106 Å². The van der Waals surface area contributed by atoms with Crippen molar-refractivity contribution >= 4 is 0 Å². The van der Waals surface area contributed by atoms with Crippen LogP contribution in [0.15, 0.2) is 0 Å². The molecule has 2 unspecified atom stereocenters. The molecule has 3 saturated heterocycles. The van der Waals surface area contributed by atoms with E-state index in [1.165, 1.54) is 64.7 Å². The summed E-state index contributed by atoms with van der Waals surface area (Å²) in [5.41, 5.74) is 0. The van der Waals surface area contributed by atoms with Crippen molar-refractivity contribution in [2.75, 3.05) is 33.2 Å². The van der Waals surface area contributed by atoms with Gasteiger partial charge in [-0.15, -0.1) is 0 Å². The minimum Gasteiger partial charge on any atom is -0.317 e. The quantitative estimate of drug-likeness (QED) is 0.781. The molecule has 0 bridgehead atoms. The Hall–Kier alpha value is -0.120. The van der Waals surface area contributed by atoms with Crippen LogP contribution in [0.2, 0.25) is 0 Å². The summed E-state index contributed by atoms with van der Waals surface area (Å²) >= 11 is 0. The van der Waals surface area contributed by atoms with Gasteiger partial charge in [0.25, 0.3) is 0 Å². The van der Waals surface area contributed by atoms with Gasteiger partial charge in [-0.25, -0.2) is 0 Å². The third kappa shape index (κ3) is 2.51. The van der Waals surface area contributed by atoms with Crippen LogP contribution in [0.25, 0.3) is 0 Å². The summed E-state index contributed by atoms with van der Waals surface area (Å²) in [4.78, 5) is 5.51. The van der Waals surface area contributed by atoms with Crippen LogP contribution in [-0.4, -0.2) is 61.2 Å². The molecule has 0 aliphatic carbocycles. The minimum absolute atomic E-state index is 0.776. The van der Waals surface area contributed by atoms with Crippen LogP contribution in [0, 0.1) is 0 Å². The van der Waals surface area contributed by atoms with Crippen molar-refractivity contribution < 1.29 is 0 Å². The molecule has 0 aromatic heterocycles. The summed E-state index contributed by atoms with van der Waals surface area (Å²) in [5.74, 6) is 0. The zero-order valence-corrected chi connectivity index (χ0v) is 11.2. The zero-order valence-electron chi connectivity index (χ0n) is 11.2. The molecule has 2 atom stereocenters. The number of hydrogen-bond acceptors (Lipinski definition) is 3. The van der Waals surface area contributed by atoms with Crippen LogP contribution >= 0.6 is 0 Å². The van der Waals surface area contributed by atoms with Crippen LogP contribution in [0.1, 0.15) is 38.5 Å². The third-order valence-electron chi connectivity index (χ3n) is 5.25. The fraction of sp³-hybridized carbons (Fsp3) is 1.00. The second-order valence-electron chi connectivity index (χ2n) is 6.11. The topological polar surface area (TPSA) is 18.5 Å². The maximum absolute atomic E-state index is 3.43. The van der Waals surface area contributed by atoms with Gasteiger partial charge in [-0.1, -0.05) is 0 Å². The van der Waals surface area contributed by atoms with Gasteiger partial charge in [-0.2, -0.15) is 0 Å². The van der Waals surface area contributed by atoms with Gasteiger partial charge in [-0.3, -0.25) is 0 Å². The number of nitrogens with zero attached hydrogens (tertiary/aromatic N) is 2. The molecule has 3 fully saturated rings. The molecule has 3 aliphatic rings. The fourth-order valence-corrected chi connectivity index (χ4v) is 4.09. The normalized spacial score (nSPS) is 37.2. The summed E-state index contributed by atoms with van der Waals surface area (Å²) in [6.07, 6.45) is 8.47. The van der Waals surface area contributed by atoms with E-state index in [-0.39, 0.29) is 0 Å². The van der Waals surface area contributed by atoms with E-state index in [1.54, 1.807) is 0 Å². The lowest BCUT2D eigenvalue weighted by molar-refractivity contribution is 0.0682. The lowest BCUT2D eigenvalue weighted by Crippen LogP contribution is -2.51. The molecule has 17 heavy (non-hydrogen) atoms. The Balaban J connectivity index is 1.52. The molecular formula is C14H27N3. The van der Waals surface area contributed by atoms with Gasteiger partial charge in [-0.05, 0) is 71.8 Å². The Kier molecular flexibility index (Phi) is 3.69. The van der Waals surface area contributed by atoms with Gasteiger partial charge in [0.05, 0.1) is 0 Å². The SMILES string of the molecule is CNC1CCN(C2CCN3CCCC3C2)CC1. The van der Waals surface area contributed by atoms with Gasteiger partial charge in [0.2, 0.25) is 0 Å². The fourth-order valence-electron chi connectivity index (χ4n) is 4.09. The van der Waals surface area contributed by atoms with E-state index in [9.17, 15) is 0 Å². The second-order valence-corrected chi connectivity index (χ2v) is 6.11. The van der Waals surface area contributed by atoms with Crippen molar-refractivity contribution in [2.45, 2.75) is 56.7 Å². The maximum atomic E-state index is 3.43. The smallest absolute Gasteiger partial charge is 0.0122 e. The Bertz CT molecular complexity index is 248. The minimum atomic E-state index is 0.776. The lowest BCUT2D eigenvalue weighted by Gasteiger charge is -2.43. The van der Waals surface area contributed by atoms with Crippen molar-refractivity contribution in [2.24, 2.45) is 0 Å². The number of likely N-dealkylation sites (tertiary alicyclic amines) is 1. The first kappa shape index (κ1) is 11.9. The summed E-state index contributed by atoms with van der Waals surface area (Å²) < 4.78 is 0. The molecule has 0 radical (unpaired) electrons. The number of nitrogens with one attached hydrogen (secondary N) is 1. The van der Waals surface area contributed by atoms with E-state index in [4.69, 9.17) is 0 Å².